The van der Waals surface area contributed by atoms with Crippen LogP contribution in [0.4, 0.5) is 0 Å². The predicted octanol–water partition coefficient (Wildman–Crippen LogP) is 11.8. The number of hydrogen-bond acceptors (Lipinski definition) is 2. The van der Waals surface area contributed by atoms with Crippen LogP contribution >= 0.6 is 0 Å². The van der Waals surface area contributed by atoms with Gasteiger partial charge in [0.1, 0.15) is 0 Å². The molecule has 7 aliphatic carbocycles. The van der Waals surface area contributed by atoms with Crippen LogP contribution in [0.5, 0.6) is 0 Å². The van der Waals surface area contributed by atoms with E-state index in [0.717, 1.165) is 95.4 Å². The summed E-state index contributed by atoms with van der Waals surface area (Å²) in [6.07, 6.45) is 33.1. The van der Waals surface area contributed by atoms with E-state index < -0.39 is 0 Å². The molecule has 0 aliphatic heterocycles. The molecule has 0 amide bonds. The van der Waals surface area contributed by atoms with E-state index in [4.69, 9.17) is 0 Å². The van der Waals surface area contributed by atoms with Crippen LogP contribution in [-0.4, -0.2) is 46.1 Å². The lowest BCUT2D eigenvalue weighted by Gasteiger charge is -2.65. The maximum absolute atomic E-state index is 3.44. The summed E-state index contributed by atoms with van der Waals surface area (Å²) in [5.74, 6) is 9.44. The highest BCUT2D eigenvalue weighted by molar-refractivity contribution is 5.11. The van der Waals surface area contributed by atoms with Gasteiger partial charge in [0, 0.05) is 36.3 Å². The van der Waals surface area contributed by atoms with Crippen molar-refractivity contribution in [2.24, 2.45) is 59.2 Å². The summed E-state index contributed by atoms with van der Waals surface area (Å²) in [7, 11) is 0. The minimum Gasteiger partial charge on any atom is -0.294 e. The van der Waals surface area contributed by atoms with E-state index >= 15 is 0 Å². The summed E-state index contributed by atoms with van der Waals surface area (Å²) in [6.45, 7) is 15.6. The van der Waals surface area contributed by atoms with Gasteiger partial charge in [-0.15, -0.1) is 0 Å². The zero-order valence-electron chi connectivity index (χ0n) is 31.7. The predicted molar refractivity (Wildman–Crippen MR) is 197 cm³/mol. The van der Waals surface area contributed by atoms with Gasteiger partial charge in [0.05, 0.1) is 0 Å². The van der Waals surface area contributed by atoms with Crippen molar-refractivity contribution in [3.8, 4) is 0 Å². The van der Waals surface area contributed by atoms with Gasteiger partial charge in [-0.05, 0) is 162 Å². The molecule has 7 rings (SSSR count). The average molecular weight is 635 g/mol. The molecule has 7 saturated carbocycles. The van der Waals surface area contributed by atoms with E-state index in [1.807, 2.05) is 0 Å². The first-order valence-corrected chi connectivity index (χ1v) is 21.8. The fraction of sp³-hybridized carbons (Fsp3) is 1.00. The van der Waals surface area contributed by atoms with Crippen molar-refractivity contribution in [2.45, 2.75) is 219 Å². The Balaban J connectivity index is 1.30. The van der Waals surface area contributed by atoms with E-state index in [1.165, 1.54) is 116 Å². The van der Waals surface area contributed by atoms with Crippen molar-refractivity contribution in [2.75, 3.05) is 0 Å². The first-order valence-electron chi connectivity index (χ1n) is 21.8. The van der Waals surface area contributed by atoms with Crippen molar-refractivity contribution in [1.29, 1.82) is 0 Å². The van der Waals surface area contributed by atoms with Crippen LogP contribution in [0, 0.1) is 59.2 Å². The van der Waals surface area contributed by atoms with Crippen LogP contribution < -0.4 is 0 Å². The molecule has 264 valence electrons. The highest BCUT2D eigenvalue weighted by Crippen LogP contribution is 2.58. The van der Waals surface area contributed by atoms with Gasteiger partial charge in [-0.25, -0.2) is 0 Å². The molecule has 0 bridgehead atoms. The van der Waals surface area contributed by atoms with Crippen LogP contribution in [0.1, 0.15) is 183 Å². The monoisotopic (exact) mass is 635 g/mol. The number of hydrogen-bond donors (Lipinski definition) is 0. The van der Waals surface area contributed by atoms with E-state index in [0.29, 0.717) is 0 Å². The number of rotatable bonds is 6. The Morgan fingerprint density at radius 3 is 1.00 bits per heavy atom. The number of fused-ring (bicyclic) bond motifs is 2. The van der Waals surface area contributed by atoms with Gasteiger partial charge < -0.3 is 0 Å². The van der Waals surface area contributed by atoms with E-state index in [1.54, 1.807) is 25.7 Å². The highest BCUT2D eigenvalue weighted by Gasteiger charge is 2.58. The maximum atomic E-state index is 3.44. The first-order chi connectivity index (χ1) is 22.3. The summed E-state index contributed by atoms with van der Waals surface area (Å²) in [5, 5.41) is 0. The molecule has 12 unspecified atom stereocenters. The molecule has 0 spiro atoms. The lowest BCUT2D eigenvalue weighted by atomic mass is 9.51. The summed E-state index contributed by atoms with van der Waals surface area (Å²) < 4.78 is 0. The Hall–Kier alpha value is -0.0800. The van der Waals surface area contributed by atoms with Gasteiger partial charge in [0.2, 0.25) is 0 Å². The SMILES string of the molecule is CC1CCC(N(C2CCCC(C)C2)C2C3CCC(C)CC3C(N(C3CCC(C)CC3)C3CCCC(C)C3)C3CCC(C)CC32)CC1. The van der Waals surface area contributed by atoms with Crippen molar-refractivity contribution >= 4 is 0 Å². The van der Waals surface area contributed by atoms with Crippen LogP contribution in [0.2, 0.25) is 0 Å². The van der Waals surface area contributed by atoms with Gasteiger partial charge in [0.15, 0.2) is 0 Å². The van der Waals surface area contributed by atoms with E-state index in [9.17, 15) is 0 Å². The molecule has 0 radical (unpaired) electrons. The Kier molecular flexibility index (Phi) is 11.2. The summed E-state index contributed by atoms with van der Waals surface area (Å²) in [6, 6.07) is 5.26. The second-order valence-corrected chi connectivity index (χ2v) is 20.0. The molecule has 0 aromatic heterocycles. The lowest BCUT2D eigenvalue weighted by molar-refractivity contribution is -0.158. The van der Waals surface area contributed by atoms with Gasteiger partial charge in [-0.3, -0.25) is 9.80 Å². The molecule has 7 aliphatic rings. The molecule has 0 aromatic rings. The van der Waals surface area contributed by atoms with Crippen molar-refractivity contribution in [1.82, 2.24) is 9.80 Å². The molecule has 0 N–H and O–H groups in total. The molecular weight excluding hydrogens is 556 g/mol. The fourth-order valence-corrected chi connectivity index (χ4v) is 14.0. The average Bonchev–Trinajstić information content (AvgIpc) is 3.04. The third-order valence-electron chi connectivity index (χ3n) is 16.4. The Morgan fingerprint density at radius 2 is 0.630 bits per heavy atom. The summed E-state index contributed by atoms with van der Waals surface area (Å²) >= 11 is 0. The fourth-order valence-electron chi connectivity index (χ4n) is 14.0. The normalized spacial score (nSPS) is 50.6. The molecule has 0 saturated heterocycles. The molecule has 46 heavy (non-hydrogen) atoms. The van der Waals surface area contributed by atoms with Crippen molar-refractivity contribution < 1.29 is 0 Å². The third kappa shape index (κ3) is 7.21. The third-order valence-corrected chi connectivity index (χ3v) is 16.4. The highest BCUT2D eigenvalue weighted by atomic mass is 15.3. The van der Waals surface area contributed by atoms with E-state index in [2.05, 4.69) is 51.3 Å². The smallest absolute Gasteiger partial charge is 0.0164 e. The Labute approximate surface area is 287 Å². The Morgan fingerprint density at radius 1 is 0.283 bits per heavy atom. The molecule has 12 atom stereocenters. The largest absolute Gasteiger partial charge is 0.294 e. The topological polar surface area (TPSA) is 6.48 Å². The van der Waals surface area contributed by atoms with Gasteiger partial charge >= 0.3 is 0 Å². The summed E-state index contributed by atoms with van der Waals surface area (Å²) in [5.41, 5.74) is 0. The molecule has 0 heterocycles. The second kappa shape index (κ2) is 15.0. The molecule has 2 heteroatoms. The standard InChI is InChI=1S/C44H78N2/c1-29-13-19-35(20-14-29)45(37-11-7-9-31(3)25-37)43-39-23-17-34(6)28-42(39)44(40-24-18-33(5)27-41(40)43)46(36-21-15-30(2)16-22-36)38-12-8-10-32(4)26-38/h29-44H,7-28H2,1-6H3. The van der Waals surface area contributed by atoms with Gasteiger partial charge in [0.25, 0.3) is 0 Å². The minimum atomic E-state index is 0.872. The van der Waals surface area contributed by atoms with Crippen molar-refractivity contribution in [3.05, 3.63) is 0 Å². The lowest BCUT2D eigenvalue weighted by Crippen LogP contribution is -2.69. The zero-order chi connectivity index (χ0) is 31.9. The Bertz CT molecular complexity index is 870. The van der Waals surface area contributed by atoms with Gasteiger partial charge in [-0.1, -0.05) is 80.1 Å². The minimum absolute atomic E-state index is 0.872. The molecule has 7 fully saturated rings. The van der Waals surface area contributed by atoms with Crippen LogP contribution in [0.15, 0.2) is 0 Å². The molecule has 0 aromatic carbocycles. The maximum Gasteiger partial charge on any atom is 0.0164 e. The summed E-state index contributed by atoms with van der Waals surface area (Å²) in [4.78, 5) is 6.88. The van der Waals surface area contributed by atoms with Crippen LogP contribution in [-0.2, 0) is 0 Å². The quantitative estimate of drug-likeness (QED) is 0.287. The van der Waals surface area contributed by atoms with Crippen molar-refractivity contribution in [3.63, 3.8) is 0 Å². The first kappa shape index (κ1) is 34.4. The van der Waals surface area contributed by atoms with E-state index in [-0.39, 0.29) is 0 Å². The van der Waals surface area contributed by atoms with Crippen LogP contribution in [0.25, 0.3) is 0 Å². The van der Waals surface area contributed by atoms with Crippen LogP contribution in [0.3, 0.4) is 0 Å². The molecule has 2 nitrogen and oxygen atoms in total. The second-order valence-electron chi connectivity index (χ2n) is 20.0. The number of nitrogens with zero attached hydrogens (tertiary/aromatic N) is 2. The van der Waals surface area contributed by atoms with Gasteiger partial charge in [-0.2, -0.15) is 0 Å². The molecular formula is C44H78N2. The zero-order valence-corrected chi connectivity index (χ0v) is 31.7.